The molecule has 0 aliphatic carbocycles. The molecule has 27 heavy (non-hydrogen) atoms. The molecular weight excluding hydrogens is 334 g/mol. The van der Waals surface area contributed by atoms with Crippen LogP contribution >= 0.6 is 0 Å². The molecule has 1 aromatic carbocycles. The van der Waals surface area contributed by atoms with Crippen molar-refractivity contribution < 1.29 is 9.69 Å². The number of quaternary nitrogens is 1. The number of benzene rings is 1. The molecule has 1 aliphatic heterocycles. The van der Waals surface area contributed by atoms with Crippen molar-refractivity contribution in [1.82, 2.24) is 4.57 Å². The van der Waals surface area contributed by atoms with Crippen molar-refractivity contribution >= 4 is 11.6 Å². The van der Waals surface area contributed by atoms with E-state index in [1.807, 2.05) is 0 Å². The first-order chi connectivity index (χ1) is 12.9. The van der Waals surface area contributed by atoms with E-state index in [0.29, 0.717) is 24.4 Å². The minimum atomic E-state index is 0.126. The van der Waals surface area contributed by atoms with Gasteiger partial charge in [-0.3, -0.25) is 4.79 Å². The molecule has 0 bridgehead atoms. The maximum Gasteiger partial charge on any atom is 0.279 e. The first-order valence-electron chi connectivity index (χ1n) is 10.3. The molecular formula is C23H34N3O+. The lowest BCUT2D eigenvalue weighted by molar-refractivity contribution is -0.910. The van der Waals surface area contributed by atoms with E-state index in [0.717, 1.165) is 18.7 Å². The van der Waals surface area contributed by atoms with Gasteiger partial charge in [-0.05, 0) is 35.1 Å². The van der Waals surface area contributed by atoms with Crippen LogP contribution in [0.2, 0.25) is 0 Å². The summed E-state index contributed by atoms with van der Waals surface area (Å²) >= 11 is 0. The predicted octanol–water partition coefficient (Wildman–Crippen LogP) is 3.63. The topological polar surface area (TPSA) is 38.5 Å². The van der Waals surface area contributed by atoms with E-state index in [2.05, 4.69) is 81.2 Å². The van der Waals surface area contributed by atoms with Crippen LogP contribution in [0.4, 0.5) is 5.69 Å². The van der Waals surface area contributed by atoms with Crippen molar-refractivity contribution in [2.24, 2.45) is 7.05 Å². The molecule has 0 radical (unpaired) electrons. The molecule has 2 aromatic rings. The van der Waals surface area contributed by atoms with Gasteiger partial charge in [0.25, 0.3) is 5.91 Å². The first-order valence-corrected chi connectivity index (χ1v) is 10.3. The van der Waals surface area contributed by atoms with Gasteiger partial charge >= 0.3 is 0 Å². The van der Waals surface area contributed by atoms with Crippen molar-refractivity contribution in [3.05, 3.63) is 53.3 Å². The van der Waals surface area contributed by atoms with Crippen LogP contribution in [0, 0.1) is 0 Å². The van der Waals surface area contributed by atoms with E-state index >= 15 is 0 Å². The lowest BCUT2D eigenvalue weighted by Gasteiger charge is -2.24. The number of aryl methyl sites for hydroxylation is 1. The lowest BCUT2D eigenvalue weighted by atomic mass is 9.92. The number of nitrogens with zero attached hydrogens (tertiary/aromatic N) is 1. The summed E-state index contributed by atoms with van der Waals surface area (Å²) in [6, 6.07) is 11.1. The Morgan fingerprint density at radius 2 is 1.81 bits per heavy atom. The molecule has 2 N–H and O–H groups in total. The normalized spacial score (nSPS) is 19.8. The molecule has 4 heteroatoms. The fourth-order valence-electron chi connectivity index (χ4n) is 4.40. The molecule has 0 spiro atoms. The standard InChI is InChI=1S/C23H33N3O/c1-16(2)18-9-6-10-19(17(3)4)23(18)24-22(27)15-26-14-8-12-21(26)20-11-7-13-25(20)5/h6-7,9-11,13,16-17,21H,8,12,14-15H2,1-5H3,(H,24,27)/p+1/t21-/m1/s1. The second-order valence-corrected chi connectivity index (χ2v) is 8.49. The van der Waals surface area contributed by atoms with Gasteiger partial charge in [-0.25, -0.2) is 0 Å². The Hall–Kier alpha value is -2.07. The molecule has 4 nitrogen and oxygen atoms in total. The summed E-state index contributed by atoms with van der Waals surface area (Å²) in [7, 11) is 2.10. The van der Waals surface area contributed by atoms with Crippen molar-refractivity contribution in [2.45, 2.75) is 58.4 Å². The van der Waals surface area contributed by atoms with Gasteiger partial charge in [0.05, 0.1) is 12.2 Å². The summed E-state index contributed by atoms with van der Waals surface area (Å²) in [5.41, 5.74) is 4.82. The van der Waals surface area contributed by atoms with Crippen molar-refractivity contribution in [3.8, 4) is 0 Å². The molecule has 1 amide bonds. The van der Waals surface area contributed by atoms with Gasteiger partial charge in [0, 0.05) is 31.8 Å². The van der Waals surface area contributed by atoms with Gasteiger partial charge < -0.3 is 14.8 Å². The van der Waals surface area contributed by atoms with Gasteiger partial charge in [-0.15, -0.1) is 0 Å². The fraction of sp³-hybridized carbons (Fsp3) is 0.522. The largest absolute Gasteiger partial charge is 0.350 e. The van der Waals surface area contributed by atoms with Gasteiger partial charge in [0.1, 0.15) is 6.04 Å². The Morgan fingerprint density at radius 3 is 2.37 bits per heavy atom. The number of nitrogens with one attached hydrogen (secondary N) is 2. The maximum absolute atomic E-state index is 13.0. The van der Waals surface area contributed by atoms with E-state index < -0.39 is 0 Å². The molecule has 1 aliphatic rings. The highest BCUT2D eigenvalue weighted by Gasteiger charge is 2.33. The summed E-state index contributed by atoms with van der Waals surface area (Å²) in [6.07, 6.45) is 4.43. The third kappa shape index (κ3) is 4.27. The number of para-hydroxylation sites is 1. The van der Waals surface area contributed by atoms with Crippen molar-refractivity contribution in [1.29, 1.82) is 0 Å². The zero-order chi connectivity index (χ0) is 19.6. The molecule has 0 saturated carbocycles. The Labute approximate surface area is 163 Å². The number of rotatable bonds is 6. The number of amides is 1. The van der Waals surface area contributed by atoms with Crippen molar-refractivity contribution in [3.63, 3.8) is 0 Å². The first kappa shape index (κ1) is 19.7. The van der Waals surface area contributed by atoms with E-state index in [4.69, 9.17) is 0 Å². The highest BCUT2D eigenvalue weighted by molar-refractivity contribution is 5.93. The minimum absolute atomic E-state index is 0.126. The van der Waals surface area contributed by atoms with Crippen LogP contribution in [-0.4, -0.2) is 23.6 Å². The molecule has 2 heterocycles. The number of hydrogen-bond acceptors (Lipinski definition) is 1. The predicted molar refractivity (Wildman–Crippen MR) is 111 cm³/mol. The number of anilines is 1. The average Bonchev–Trinajstić information content (AvgIpc) is 3.22. The van der Waals surface area contributed by atoms with E-state index in [1.165, 1.54) is 28.1 Å². The summed E-state index contributed by atoms with van der Waals surface area (Å²) in [6.45, 7) is 10.3. The Bertz CT molecular complexity index is 764. The molecule has 3 rings (SSSR count). The zero-order valence-electron chi connectivity index (χ0n) is 17.4. The molecule has 2 atom stereocenters. The highest BCUT2D eigenvalue weighted by atomic mass is 16.2. The number of likely N-dealkylation sites (tertiary alicyclic amines) is 1. The Balaban J connectivity index is 1.77. The molecule has 1 aromatic heterocycles. The highest BCUT2D eigenvalue weighted by Crippen LogP contribution is 2.32. The fourth-order valence-corrected chi connectivity index (χ4v) is 4.40. The van der Waals surface area contributed by atoms with Crippen LogP contribution < -0.4 is 10.2 Å². The second kappa shape index (κ2) is 8.30. The van der Waals surface area contributed by atoms with Crippen LogP contribution in [0.25, 0.3) is 0 Å². The van der Waals surface area contributed by atoms with Crippen molar-refractivity contribution in [2.75, 3.05) is 18.4 Å². The summed E-state index contributed by atoms with van der Waals surface area (Å²) in [5, 5.41) is 3.28. The lowest BCUT2D eigenvalue weighted by Crippen LogP contribution is -3.11. The summed E-state index contributed by atoms with van der Waals surface area (Å²) < 4.78 is 2.19. The molecule has 146 valence electrons. The number of carbonyl (C=O) groups is 1. The smallest absolute Gasteiger partial charge is 0.279 e. The second-order valence-electron chi connectivity index (χ2n) is 8.49. The number of aromatic nitrogens is 1. The van der Waals surface area contributed by atoms with Gasteiger partial charge in [0.15, 0.2) is 6.54 Å². The van der Waals surface area contributed by atoms with Crippen LogP contribution in [-0.2, 0) is 11.8 Å². The SMILES string of the molecule is CC(C)c1cccc(C(C)C)c1NC(=O)C[NH+]1CCC[C@@H]1c1cccn1C. The Morgan fingerprint density at radius 1 is 1.15 bits per heavy atom. The third-order valence-electron chi connectivity index (χ3n) is 5.85. The molecule has 1 saturated heterocycles. The maximum atomic E-state index is 13.0. The molecule has 1 unspecified atom stereocenters. The van der Waals surface area contributed by atoms with E-state index in [-0.39, 0.29) is 5.91 Å². The third-order valence-corrected chi connectivity index (χ3v) is 5.85. The van der Waals surface area contributed by atoms with Crippen LogP contribution in [0.5, 0.6) is 0 Å². The number of carbonyl (C=O) groups excluding carboxylic acids is 1. The van der Waals surface area contributed by atoms with Crippen LogP contribution in [0.1, 0.15) is 75.2 Å². The summed E-state index contributed by atoms with van der Waals surface area (Å²) in [5.74, 6) is 0.893. The van der Waals surface area contributed by atoms with Crippen LogP contribution in [0.3, 0.4) is 0 Å². The quantitative estimate of drug-likeness (QED) is 0.803. The average molecular weight is 369 g/mol. The zero-order valence-corrected chi connectivity index (χ0v) is 17.4. The monoisotopic (exact) mass is 368 g/mol. The van der Waals surface area contributed by atoms with Gasteiger partial charge in [-0.1, -0.05) is 45.9 Å². The minimum Gasteiger partial charge on any atom is -0.350 e. The number of hydrogen-bond donors (Lipinski definition) is 2. The van der Waals surface area contributed by atoms with Crippen LogP contribution in [0.15, 0.2) is 36.5 Å². The van der Waals surface area contributed by atoms with E-state index in [9.17, 15) is 4.79 Å². The summed E-state index contributed by atoms with van der Waals surface area (Å²) in [4.78, 5) is 14.4. The van der Waals surface area contributed by atoms with Gasteiger partial charge in [0.2, 0.25) is 0 Å². The van der Waals surface area contributed by atoms with E-state index in [1.54, 1.807) is 0 Å². The Kier molecular flexibility index (Phi) is 6.05. The molecule has 1 fully saturated rings. The van der Waals surface area contributed by atoms with Gasteiger partial charge in [-0.2, -0.15) is 0 Å².